The lowest BCUT2D eigenvalue weighted by Gasteiger charge is -2.36. The quantitative estimate of drug-likeness (QED) is 0.380. The van der Waals surface area contributed by atoms with Crippen LogP contribution in [0.2, 0.25) is 0 Å². The molecule has 7 nitrogen and oxygen atoms in total. The second-order valence-electron chi connectivity index (χ2n) is 4.38. The number of carbonyl (C=O) groups is 4. The van der Waals surface area contributed by atoms with E-state index in [4.69, 9.17) is 9.47 Å². The van der Waals surface area contributed by atoms with Crippen molar-refractivity contribution in [1.82, 2.24) is 0 Å². The zero-order valence-electron chi connectivity index (χ0n) is 9.93. The summed E-state index contributed by atoms with van der Waals surface area (Å²) in [6, 6.07) is 0. The summed E-state index contributed by atoms with van der Waals surface area (Å²) in [5.74, 6) is -4.30. The van der Waals surface area contributed by atoms with E-state index in [0.29, 0.717) is 0 Å². The van der Waals surface area contributed by atoms with Crippen molar-refractivity contribution >= 4 is 23.9 Å². The molecule has 2 aliphatic rings. The largest absolute Gasteiger partial charge is 0.447 e. The highest BCUT2D eigenvalue weighted by atomic mass is 16.7. The lowest BCUT2D eigenvalue weighted by atomic mass is 9.86. The van der Waals surface area contributed by atoms with Gasteiger partial charge in [0.25, 0.3) is 0 Å². The van der Waals surface area contributed by atoms with Gasteiger partial charge in [-0.1, -0.05) is 6.92 Å². The van der Waals surface area contributed by atoms with Crippen LogP contribution in [0, 0.1) is 5.92 Å². The third-order valence-corrected chi connectivity index (χ3v) is 3.14. The van der Waals surface area contributed by atoms with Gasteiger partial charge in [0.2, 0.25) is 5.60 Å². The first kappa shape index (κ1) is 12.5. The molecular formula is C11H12O7. The summed E-state index contributed by atoms with van der Waals surface area (Å²) in [4.78, 5) is 45.9. The third kappa shape index (κ3) is 1.75. The minimum absolute atomic E-state index is 0.286. The second-order valence-corrected chi connectivity index (χ2v) is 4.38. The molecule has 7 heteroatoms. The monoisotopic (exact) mass is 256 g/mol. The van der Waals surface area contributed by atoms with Crippen LogP contribution in [0.25, 0.3) is 0 Å². The minimum Gasteiger partial charge on any atom is -0.447 e. The molecule has 2 heterocycles. The highest BCUT2D eigenvalue weighted by molar-refractivity contribution is 6.01. The number of hydrogen-bond donors (Lipinski definition) is 0. The van der Waals surface area contributed by atoms with Crippen molar-refractivity contribution in [2.24, 2.45) is 5.92 Å². The highest BCUT2D eigenvalue weighted by Gasteiger charge is 2.58. The Bertz CT molecular complexity index is 441. The Labute approximate surface area is 102 Å². The molecule has 0 amide bonds. The van der Waals surface area contributed by atoms with Gasteiger partial charge in [-0.2, -0.15) is 0 Å². The molecule has 0 aromatic carbocycles. The summed E-state index contributed by atoms with van der Waals surface area (Å²) in [5, 5.41) is 0. The molecule has 0 saturated carbocycles. The van der Waals surface area contributed by atoms with Gasteiger partial charge in [-0.3, -0.25) is 9.59 Å². The Kier molecular flexibility index (Phi) is 2.84. The van der Waals surface area contributed by atoms with Crippen LogP contribution in [0.5, 0.6) is 0 Å². The van der Waals surface area contributed by atoms with Crippen molar-refractivity contribution in [3.8, 4) is 0 Å². The van der Waals surface area contributed by atoms with Gasteiger partial charge in [0.1, 0.15) is 5.92 Å². The van der Waals surface area contributed by atoms with Gasteiger partial charge in [-0.25, -0.2) is 9.59 Å². The van der Waals surface area contributed by atoms with Gasteiger partial charge >= 0.3 is 23.9 Å². The maximum Gasteiger partial charge on any atom is 0.352 e. The van der Waals surface area contributed by atoms with E-state index in [9.17, 15) is 19.2 Å². The number of rotatable bonds is 2. The summed E-state index contributed by atoms with van der Waals surface area (Å²) in [5.41, 5.74) is -1.79. The topological polar surface area (TPSA) is 96.0 Å². The van der Waals surface area contributed by atoms with Gasteiger partial charge in [0, 0.05) is 0 Å². The Hall–Kier alpha value is -1.92. The van der Waals surface area contributed by atoms with E-state index in [1.165, 1.54) is 6.92 Å². The van der Waals surface area contributed by atoms with Crippen LogP contribution in [0.1, 0.15) is 26.7 Å². The molecule has 0 spiro atoms. The van der Waals surface area contributed by atoms with Crippen molar-refractivity contribution in [1.29, 1.82) is 0 Å². The molecule has 0 radical (unpaired) electrons. The zero-order valence-corrected chi connectivity index (χ0v) is 9.93. The SMILES string of the molecule is CCC1OC(=O)C(C)(C2CC(=O)OC2=O)OC1=O. The van der Waals surface area contributed by atoms with Crippen molar-refractivity contribution in [3.05, 3.63) is 0 Å². The number of cyclic esters (lactones) is 4. The molecule has 0 aromatic rings. The van der Waals surface area contributed by atoms with Crippen LogP contribution < -0.4 is 0 Å². The molecule has 2 saturated heterocycles. The molecule has 3 unspecified atom stereocenters. The zero-order chi connectivity index (χ0) is 13.5. The van der Waals surface area contributed by atoms with E-state index < -0.39 is 41.5 Å². The maximum atomic E-state index is 11.9. The van der Waals surface area contributed by atoms with Crippen molar-refractivity contribution < 1.29 is 33.4 Å². The summed E-state index contributed by atoms with van der Waals surface area (Å²) in [6.45, 7) is 2.92. The molecular weight excluding hydrogens is 244 g/mol. The summed E-state index contributed by atoms with van der Waals surface area (Å²) >= 11 is 0. The first-order valence-electron chi connectivity index (χ1n) is 5.57. The van der Waals surface area contributed by atoms with Gasteiger partial charge in [-0.05, 0) is 13.3 Å². The molecule has 0 aromatic heterocycles. The molecule has 0 aliphatic carbocycles. The van der Waals surface area contributed by atoms with Crippen molar-refractivity contribution in [2.75, 3.05) is 0 Å². The summed E-state index contributed by atoms with van der Waals surface area (Å²) in [6.07, 6.45) is -0.970. The predicted molar refractivity (Wildman–Crippen MR) is 53.9 cm³/mol. The van der Waals surface area contributed by atoms with Gasteiger partial charge < -0.3 is 14.2 Å². The fourth-order valence-electron chi connectivity index (χ4n) is 1.97. The first-order valence-corrected chi connectivity index (χ1v) is 5.57. The highest BCUT2D eigenvalue weighted by Crippen LogP contribution is 2.35. The van der Waals surface area contributed by atoms with Crippen molar-refractivity contribution in [3.63, 3.8) is 0 Å². The van der Waals surface area contributed by atoms with Gasteiger partial charge in [0.15, 0.2) is 6.10 Å². The van der Waals surface area contributed by atoms with Crippen LogP contribution in [-0.2, 0) is 33.4 Å². The number of carbonyl (C=O) groups excluding carboxylic acids is 4. The molecule has 0 bridgehead atoms. The van der Waals surface area contributed by atoms with Crippen molar-refractivity contribution in [2.45, 2.75) is 38.4 Å². The Balaban J connectivity index is 2.26. The van der Waals surface area contributed by atoms with Crippen LogP contribution in [0.3, 0.4) is 0 Å². The molecule has 18 heavy (non-hydrogen) atoms. The Morgan fingerprint density at radius 1 is 1.22 bits per heavy atom. The van der Waals surface area contributed by atoms with E-state index in [0.717, 1.165) is 0 Å². The lowest BCUT2D eigenvalue weighted by molar-refractivity contribution is -0.216. The number of hydrogen-bond acceptors (Lipinski definition) is 7. The average molecular weight is 256 g/mol. The van der Waals surface area contributed by atoms with Crippen LogP contribution in [0.4, 0.5) is 0 Å². The molecule has 2 fully saturated rings. The third-order valence-electron chi connectivity index (χ3n) is 3.14. The number of esters is 4. The molecule has 2 rings (SSSR count). The maximum absolute atomic E-state index is 11.9. The van der Waals surface area contributed by atoms with Crippen LogP contribution in [0.15, 0.2) is 0 Å². The van der Waals surface area contributed by atoms with Gasteiger partial charge in [0.05, 0.1) is 6.42 Å². The standard InChI is InChI=1S/C11H12O7/c1-3-6-9(14)18-11(2,10(15)16-6)5-4-7(12)17-8(5)13/h5-6H,3-4H2,1-2H3. The minimum atomic E-state index is -1.79. The van der Waals surface area contributed by atoms with E-state index in [2.05, 4.69) is 4.74 Å². The van der Waals surface area contributed by atoms with Gasteiger partial charge in [-0.15, -0.1) is 0 Å². The first-order chi connectivity index (χ1) is 8.38. The molecule has 2 aliphatic heterocycles. The predicted octanol–water partition coefficient (Wildman–Crippen LogP) is -0.287. The Morgan fingerprint density at radius 3 is 2.39 bits per heavy atom. The number of ether oxygens (including phenoxy) is 3. The van der Waals surface area contributed by atoms with Crippen LogP contribution in [-0.4, -0.2) is 35.6 Å². The molecule has 3 atom stereocenters. The average Bonchev–Trinajstić information content (AvgIpc) is 2.63. The Morgan fingerprint density at radius 2 is 1.89 bits per heavy atom. The molecule has 98 valence electrons. The smallest absolute Gasteiger partial charge is 0.352 e. The summed E-state index contributed by atoms with van der Waals surface area (Å²) in [7, 11) is 0. The summed E-state index contributed by atoms with van der Waals surface area (Å²) < 4.78 is 14.3. The van der Waals surface area contributed by atoms with E-state index >= 15 is 0 Å². The van der Waals surface area contributed by atoms with E-state index in [1.807, 2.05) is 0 Å². The normalized spacial score (nSPS) is 36.1. The van der Waals surface area contributed by atoms with E-state index in [-0.39, 0.29) is 12.8 Å². The van der Waals surface area contributed by atoms with Crippen LogP contribution >= 0.6 is 0 Å². The van der Waals surface area contributed by atoms with E-state index in [1.54, 1.807) is 6.92 Å². The fourth-order valence-corrected chi connectivity index (χ4v) is 1.97. The lowest BCUT2D eigenvalue weighted by Crippen LogP contribution is -2.56. The molecule has 0 N–H and O–H groups in total. The second kappa shape index (κ2) is 4.08. The fraction of sp³-hybridized carbons (Fsp3) is 0.636.